The first-order valence-electron chi connectivity index (χ1n) is 10.5. The predicted molar refractivity (Wildman–Crippen MR) is 129 cm³/mol. The lowest BCUT2D eigenvalue weighted by molar-refractivity contribution is -0.258. The van der Waals surface area contributed by atoms with Gasteiger partial charge in [-0.3, -0.25) is 9.59 Å². The zero-order chi connectivity index (χ0) is 26.9. The minimum Gasteiger partial charge on any atom is -0.389 e. The highest BCUT2D eigenvalue weighted by Crippen LogP contribution is 2.47. The van der Waals surface area contributed by atoms with Gasteiger partial charge >= 0.3 is 6.18 Å². The maximum Gasteiger partial charge on any atom is 0.421 e. The molecule has 3 N–H and O–H groups in total. The Morgan fingerprint density at radius 1 is 1.14 bits per heavy atom. The fraction of sp³-hybridized carbons (Fsp3) is 0.500. The predicted octanol–water partition coefficient (Wildman–Crippen LogP) is 4.87. The SMILES string of the molecule is CCCN(C)C(=O)c1nc(C(=O)NCC(C)(C)O)sc1-c1ccc(C(C)(O)C(F)(F)F)c(Cl)c1Cl. The van der Waals surface area contributed by atoms with Crippen molar-refractivity contribution in [2.45, 2.75) is 51.5 Å². The van der Waals surface area contributed by atoms with Crippen LogP contribution in [0.3, 0.4) is 0 Å². The van der Waals surface area contributed by atoms with Crippen LogP contribution in [-0.4, -0.2) is 63.8 Å². The average Bonchev–Trinajstić information content (AvgIpc) is 3.17. The van der Waals surface area contributed by atoms with Gasteiger partial charge in [0, 0.05) is 31.3 Å². The summed E-state index contributed by atoms with van der Waals surface area (Å²) >= 11 is 13.3. The lowest BCUT2D eigenvalue weighted by Gasteiger charge is -2.28. The molecule has 1 atom stereocenters. The molecule has 0 aliphatic carbocycles. The van der Waals surface area contributed by atoms with Gasteiger partial charge in [-0.2, -0.15) is 13.2 Å². The maximum absolute atomic E-state index is 13.4. The van der Waals surface area contributed by atoms with Gasteiger partial charge in [-0.05, 0) is 27.2 Å². The molecule has 35 heavy (non-hydrogen) atoms. The second kappa shape index (κ2) is 10.6. The van der Waals surface area contributed by atoms with Crippen LogP contribution >= 0.6 is 34.5 Å². The van der Waals surface area contributed by atoms with Crippen molar-refractivity contribution >= 4 is 46.4 Å². The van der Waals surface area contributed by atoms with Crippen LogP contribution in [0.2, 0.25) is 10.0 Å². The summed E-state index contributed by atoms with van der Waals surface area (Å²) in [4.78, 5) is 31.4. The summed E-state index contributed by atoms with van der Waals surface area (Å²) in [7, 11) is 1.54. The molecule has 0 saturated carbocycles. The van der Waals surface area contributed by atoms with Crippen LogP contribution < -0.4 is 5.32 Å². The Morgan fingerprint density at radius 3 is 2.26 bits per heavy atom. The summed E-state index contributed by atoms with van der Waals surface area (Å²) in [6.07, 6.45) is -4.38. The number of benzene rings is 1. The van der Waals surface area contributed by atoms with Gasteiger partial charge in [-0.15, -0.1) is 11.3 Å². The summed E-state index contributed by atoms with van der Waals surface area (Å²) in [6, 6.07) is 2.15. The van der Waals surface area contributed by atoms with Crippen LogP contribution in [0.5, 0.6) is 0 Å². The first-order chi connectivity index (χ1) is 15.9. The van der Waals surface area contributed by atoms with Crippen molar-refractivity contribution in [3.63, 3.8) is 0 Å². The van der Waals surface area contributed by atoms with Crippen LogP contribution in [0.25, 0.3) is 10.4 Å². The number of rotatable bonds is 8. The summed E-state index contributed by atoms with van der Waals surface area (Å²) in [5, 5.41) is 21.4. The highest BCUT2D eigenvalue weighted by molar-refractivity contribution is 7.17. The molecular weight excluding hydrogens is 530 g/mol. The largest absolute Gasteiger partial charge is 0.421 e. The van der Waals surface area contributed by atoms with Crippen molar-refractivity contribution in [2.75, 3.05) is 20.1 Å². The normalized spacial score (nSPS) is 13.9. The zero-order valence-electron chi connectivity index (χ0n) is 19.7. The van der Waals surface area contributed by atoms with Crippen molar-refractivity contribution in [3.05, 3.63) is 38.4 Å². The van der Waals surface area contributed by atoms with Crippen molar-refractivity contribution < 1.29 is 33.0 Å². The van der Waals surface area contributed by atoms with Gasteiger partial charge in [0.25, 0.3) is 11.8 Å². The third kappa shape index (κ3) is 6.45. The molecule has 0 spiro atoms. The minimum absolute atomic E-state index is 0.0747. The van der Waals surface area contributed by atoms with Crippen LogP contribution in [0.1, 0.15) is 60.0 Å². The number of alkyl halides is 3. The number of aliphatic hydroxyl groups is 2. The van der Waals surface area contributed by atoms with E-state index in [1.165, 1.54) is 24.8 Å². The third-order valence-electron chi connectivity index (χ3n) is 5.01. The summed E-state index contributed by atoms with van der Waals surface area (Å²) in [5.74, 6) is -1.19. The fourth-order valence-electron chi connectivity index (χ4n) is 2.99. The van der Waals surface area contributed by atoms with E-state index < -0.39 is 39.8 Å². The Kier molecular flexibility index (Phi) is 8.87. The molecule has 0 aliphatic heterocycles. The van der Waals surface area contributed by atoms with Gasteiger partial charge in [-0.25, -0.2) is 4.98 Å². The standard InChI is InChI=1S/C22H26Cl2F3N3O4S/c1-6-9-30(5)19(32)15-16(35-18(29-15)17(31)28-10-20(2,3)33)11-7-8-12(14(24)13(11)23)21(4,34)22(25,26)27/h7-8,33-34H,6,9-10H2,1-5H3,(H,28,31). The Balaban J connectivity index is 2.65. The van der Waals surface area contributed by atoms with E-state index in [0.29, 0.717) is 19.9 Å². The molecule has 0 aliphatic rings. The number of thiazole rings is 1. The van der Waals surface area contributed by atoms with Crippen LogP contribution in [0.15, 0.2) is 12.1 Å². The van der Waals surface area contributed by atoms with Crippen molar-refractivity contribution in [3.8, 4) is 10.4 Å². The molecule has 1 heterocycles. The molecule has 0 bridgehead atoms. The van der Waals surface area contributed by atoms with E-state index in [4.69, 9.17) is 23.2 Å². The highest BCUT2D eigenvalue weighted by atomic mass is 35.5. The molecule has 0 radical (unpaired) electrons. The summed E-state index contributed by atoms with van der Waals surface area (Å²) in [6.45, 7) is 5.70. The van der Waals surface area contributed by atoms with E-state index in [-0.39, 0.29) is 32.7 Å². The fourth-order valence-corrected chi connectivity index (χ4v) is 4.66. The van der Waals surface area contributed by atoms with Gasteiger partial charge in [0.1, 0.15) is 5.69 Å². The van der Waals surface area contributed by atoms with Gasteiger partial charge in [0.05, 0.1) is 20.5 Å². The number of hydrogen-bond donors (Lipinski definition) is 3. The Labute approximate surface area is 214 Å². The first kappa shape index (κ1) is 29.3. The van der Waals surface area contributed by atoms with Gasteiger partial charge in [0.15, 0.2) is 10.6 Å². The first-order valence-corrected chi connectivity index (χ1v) is 12.0. The molecule has 2 aromatic rings. The van der Waals surface area contributed by atoms with Gasteiger partial charge in [-0.1, -0.05) is 42.3 Å². The molecule has 1 aromatic heterocycles. The molecular formula is C22H26Cl2F3N3O4S. The summed E-state index contributed by atoms with van der Waals surface area (Å²) < 4.78 is 40.1. The number of aromatic nitrogens is 1. The Morgan fingerprint density at radius 2 is 1.74 bits per heavy atom. The van der Waals surface area contributed by atoms with E-state index in [9.17, 15) is 33.0 Å². The number of hydrogen-bond acceptors (Lipinski definition) is 6. The molecule has 0 saturated heterocycles. The number of nitrogens with zero attached hydrogens (tertiary/aromatic N) is 2. The quantitative estimate of drug-likeness (QED) is 0.431. The minimum atomic E-state index is -5.03. The highest BCUT2D eigenvalue weighted by Gasteiger charge is 2.52. The van der Waals surface area contributed by atoms with Crippen molar-refractivity contribution in [2.24, 2.45) is 0 Å². The second-order valence-electron chi connectivity index (χ2n) is 8.78. The van der Waals surface area contributed by atoms with Crippen molar-refractivity contribution in [1.82, 2.24) is 15.2 Å². The molecule has 13 heteroatoms. The van der Waals surface area contributed by atoms with E-state index >= 15 is 0 Å². The monoisotopic (exact) mass is 555 g/mol. The Hall–Kier alpha value is -1.92. The smallest absolute Gasteiger partial charge is 0.389 e. The molecule has 0 fully saturated rings. The third-order valence-corrected chi connectivity index (χ3v) is 6.98. The van der Waals surface area contributed by atoms with E-state index in [1.54, 1.807) is 7.05 Å². The number of carbonyl (C=O) groups excluding carboxylic acids is 2. The summed E-state index contributed by atoms with van der Waals surface area (Å²) in [5.41, 5.74) is -5.19. The van der Waals surface area contributed by atoms with Gasteiger partial charge < -0.3 is 20.4 Å². The van der Waals surface area contributed by atoms with Crippen LogP contribution in [-0.2, 0) is 5.60 Å². The molecule has 2 rings (SSSR count). The van der Waals surface area contributed by atoms with Gasteiger partial charge in [0.2, 0.25) is 0 Å². The van der Waals surface area contributed by atoms with E-state index in [1.807, 2.05) is 6.92 Å². The Bertz CT molecular complexity index is 1110. The average molecular weight is 556 g/mol. The maximum atomic E-state index is 13.4. The molecule has 2 amide bonds. The lowest BCUT2D eigenvalue weighted by Crippen LogP contribution is -2.39. The molecule has 1 aromatic carbocycles. The number of amides is 2. The second-order valence-corrected chi connectivity index (χ2v) is 10.5. The van der Waals surface area contributed by atoms with Crippen LogP contribution in [0.4, 0.5) is 13.2 Å². The number of nitrogens with one attached hydrogen (secondary N) is 1. The van der Waals surface area contributed by atoms with E-state index in [0.717, 1.165) is 17.4 Å². The topological polar surface area (TPSA) is 103 Å². The molecule has 7 nitrogen and oxygen atoms in total. The van der Waals surface area contributed by atoms with E-state index in [2.05, 4.69) is 10.3 Å². The zero-order valence-corrected chi connectivity index (χ0v) is 22.0. The number of halogens is 5. The van der Waals surface area contributed by atoms with Crippen LogP contribution in [0, 0.1) is 0 Å². The lowest BCUT2D eigenvalue weighted by atomic mass is 9.94. The molecule has 1 unspecified atom stereocenters. The molecule has 194 valence electrons. The van der Waals surface area contributed by atoms with Crippen molar-refractivity contribution in [1.29, 1.82) is 0 Å². The number of carbonyl (C=O) groups is 2.